The van der Waals surface area contributed by atoms with Crippen LogP contribution < -0.4 is 15.4 Å². The van der Waals surface area contributed by atoms with Gasteiger partial charge in [0.05, 0.1) is 5.69 Å². The maximum Gasteiger partial charge on any atom is 0.422 e. The number of aryl methyl sites for hydroxylation is 1. The SMILES string of the molecule is CCc1cc(N)c(OCC(F)(F)F)nc1N1CCC(N2CCN(C)CC2)CC1. The molecule has 2 N–H and O–H groups in total. The van der Waals surface area contributed by atoms with Crippen molar-refractivity contribution >= 4 is 11.5 Å². The van der Waals surface area contributed by atoms with Crippen molar-refractivity contribution in [1.29, 1.82) is 0 Å². The molecule has 0 bridgehead atoms. The third-order valence-corrected chi connectivity index (χ3v) is 5.64. The van der Waals surface area contributed by atoms with Gasteiger partial charge in [0.25, 0.3) is 0 Å². The molecule has 2 fully saturated rings. The largest absolute Gasteiger partial charge is 0.466 e. The van der Waals surface area contributed by atoms with E-state index in [2.05, 4.69) is 26.7 Å². The second-order valence-electron chi connectivity index (χ2n) is 7.68. The second-order valence-corrected chi connectivity index (χ2v) is 7.68. The molecule has 28 heavy (non-hydrogen) atoms. The quantitative estimate of drug-likeness (QED) is 0.818. The molecule has 3 heterocycles. The molecule has 3 rings (SSSR count). The first-order valence-electron chi connectivity index (χ1n) is 9.93. The Morgan fingerprint density at radius 3 is 2.36 bits per heavy atom. The van der Waals surface area contributed by atoms with Crippen LogP contribution in [0.25, 0.3) is 0 Å². The highest BCUT2D eigenvalue weighted by Gasteiger charge is 2.31. The van der Waals surface area contributed by atoms with E-state index in [1.54, 1.807) is 6.07 Å². The lowest BCUT2D eigenvalue weighted by Gasteiger charge is -2.42. The fraction of sp³-hybridized carbons (Fsp3) is 0.737. The Morgan fingerprint density at radius 2 is 1.79 bits per heavy atom. The average Bonchev–Trinajstić information content (AvgIpc) is 2.67. The summed E-state index contributed by atoms with van der Waals surface area (Å²) in [5, 5.41) is 0. The Balaban J connectivity index is 1.67. The van der Waals surface area contributed by atoms with Crippen molar-refractivity contribution in [2.24, 2.45) is 0 Å². The number of alkyl halides is 3. The lowest BCUT2D eigenvalue weighted by molar-refractivity contribution is -0.153. The van der Waals surface area contributed by atoms with Crippen molar-refractivity contribution in [2.75, 3.05) is 63.6 Å². The molecule has 0 saturated carbocycles. The molecule has 0 radical (unpaired) electrons. The van der Waals surface area contributed by atoms with Crippen LogP contribution >= 0.6 is 0 Å². The summed E-state index contributed by atoms with van der Waals surface area (Å²) in [6, 6.07) is 2.26. The van der Waals surface area contributed by atoms with Crippen LogP contribution in [0.1, 0.15) is 25.3 Å². The number of nitrogens with zero attached hydrogens (tertiary/aromatic N) is 4. The van der Waals surface area contributed by atoms with Crippen molar-refractivity contribution in [3.63, 3.8) is 0 Å². The summed E-state index contributed by atoms with van der Waals surface area (Å²) in [6.07, 6.45) is -1.65. The Morgan fingerprint density at radius 1 is 1.14 bits per heavy atom. The molecule has 0 aromatic carbocycles. The maximum absolute atomic E-state index is 12.5. The van der Waals surface area contributed by atoms with E-state index in [0.29, 0.717) is 18.3 Å². The predicted octanol–water partition coefficient (Wildman–Crippen LogP) is 2.38. The summed E-state index contributed by atoms with van der Waals surface area (Å²) in [5.41, 5.74) is 6.96. The smallest absolute Gasteiger partial charge is 0.422 e. The number of nitrogens with two attached hydrogens (primary N) is 1. The van der Waals surface area contributed by atoms with Gasteiger partial charge >= 0.3 is 6.18 Å². The van der Waals surface area contributed by atoms with Gasteiger partial charge in [-0.1, -0.05) is 6.92 Å². The number of piperazine rings is 1. The van der Waals surface area contributed by atoms with Crippen molar-refractivity contribution in [1.82, 2.24) is 14.8 Å². The molecule has 0 atom stereocenters. The lowest BCUT2D eigenvalue weighted by atomic mass is 10.0. The number of ether oxygens (including phenoxy) is 1. The molecule has 158 valence electrons. The van der Waals surface area contributed by atoms with E-state index in [-0.39, 0.29) is 11.6 Å². The molecule has 0 aliphatic carbocycles. The van der Waals surface area contributed by atoms with Crippen LogP contribution in [0.3, 0.4) is 0 Å². The minimum Gasteiger partial charge on any atom is -0.466 e. The van der Waals surface area contributed by atoms with Crippen molar-refractivity contribution in [2.45, 2.75) is 38.4 Å². The average molecular weight is 401 g/mol. The molecule has 0 amide bonds. The fourth-order valence-electron chi connectivity index (χ4n) is 3.98. The summed E-state index contributed by atoms with van der Waals surface area (Å²) < 4.78 is 42.4. The molecule has 2 aliphatic rings. The van der Waals surface area contributed by atoms with E-state index in [1.807, 2.05) is 6.92 Å². The van der Waals surface area contributed by atoms with Crippen molar-refractivity contribution in [3.8, 4) is 5.88 Å². The number of piperidine rings is 1. The number of likely N-dealkylation sites (N-methyl/N-ethyl adjacent to an activating group) is 1. The van der Waals surface area contributed by atoms with Crippen molar-refractivity contribution < 1.29 is 17.9 Å². The molecule has 0 unspecified atom stereocenters. The fourth-order valence-corrected chi connectivity index (χ4v) is 3.98. The summed E-state index contributed by atoms with van der Waals surface area (Å²) in [5.74, 6) is 0.566. The second kappa shape index (κ2) is 8.73. The van der Waals surface area contributed by atoms with E-state index in [1.165, 1.54) is 0 Å². The van der Waals surface area contributed by atoms with Crippen LogP contribution in [0.5, 0.6) is 5.88 Å². The zero-order chi connectivity index (χ0) is 20.3. The molecule has 0 spiro atoms. The van der Waals surface area contributed by atoms with E-state index >= 15 is 0 Å². The summed E-state index contributed by atoms with van der Waals surface area (Å²) >= 11 is 0. The Bertz CT molecular complexity index is 654. The highest BCUT2D eigenvalue weighted by atomic mass is 19.4. The van der Waals surface area contributed by atoms with Gasteiger partial charge < -0.3 is 20.3 Å². The number of hydrogen-bond acceptors (Lipinski definition) is 6. The summed E-state index contributed by atoms with van der Waals surface area (Å²) in [7, 11) is 2.15. The van der Waals surface area contributed by atoms with Crippen LogP contribution in [0, 0.1) is 0 Å². The van der Waals surface area contributed by atoms with Crippen LogP contribution in [0.4, 0.5) is 24.7 Å². The number of rotatable bonds is 5. The molecule has 9 heteroatoms. The van der Waals surface area contributed by atoms with Gasteiger partial charge in [0, 0.05) is 45.3 Å². The number of halogens is 3. The van der Waals surface area contributed by atoms with Crippen LogP contribution in [-0.2, 0) is 6.42 Å². The van der Waals surface area contributed by atoms with Gasteiger partial charge in [0.2, 0.25) is 5.88 Å². The summed E-state index contributed by atoms with van der Waals surface area (Å²) in [4.78, 5) is 11.4. The predicted molar refractivity (Wildman–Crippen MR) is 104 cm³/mol. The van der Waals surface area contributed by atoms with Crippen LogP contribution in [-0.4, -0.2) is 79.9 Å². The third-order valence-electron chi connectivity index (χ3n) is 5.64. The maximum atomic E-state index is 12.5. The molecule has 6 nitrogen and oxygen atoms in total. The third kappa shape index (κ3) is 5.20. The first kappa shape index (κ1) is 21.0. The number of anilines is 2. The number of hydrogen-bond donors (Lipinski definition) is 1. The summed E-state index contributed by atoms with van der Waals surface area (Å²) in [6.45, 7) is 6.65. The minimum atomic E-state index is -4.42. The molecular formula is C19H30F3N5O. The van der Waals surface area contributed by atoms with E-state index < -0.39 is 12.8 Å². The lowest BCUT2D eigenvalue weighted by Crippen LogP contribution is -2.52. The minimum absolute atomic E-state index is 0.134. The van der Waals surface area contributed by atoms with Crippen LogP contribution in [0.2, 0.25) is 0 Å². The Hall–Kier alpha value is -1.74. The van der Waals surface area contributed by atoms with Gasteiger partial charge in [-0.15, -0.1) is 0 Å². The number of aromatic nitrogens is 1. The van der Waals surface area contributed by atoms with Gasteiger partial charge in [-0.2, -0.15) is 18.2 Å². The zero-order valence-corrected chi connectivity index (χ0v) is 16.6. The van der Waals surface area contributed by atoms with E-state index in [9.17, 15) is 13.2 Å². The molecule has 1 aromatic rings. The Kier molecular flexibility index (Phi) is 6.54. The Labute approximate surface area is 164 Å². The van der Waals surface area contributed by atoms with Crippen LogP contribution in [0.15, 0.2) is 6.07 Å². The normalized spacial score (nSPS) is 20.5. The highest BCUT2D eigenvalue weighted by Crippen LogP contribution is 2.31. The molecular weight excluding hydrogens is 371 g/mol. The van der Waals surface area contributed by atoms with Gasteiger partial charge in [-0.05, 0) is 37.9 Å². The topological polar surface area (TPSA) is 57.9 Å². The van der Waals surface area contributed by atoms with Crippen molar-refractivity contribution in [3.05, 3.63) is 11.6 Å². The molecule has 2 aliphatic heterocycles. The first-order chi connectivity index (χ1) is 13.3. The van der Waals surface area contributed by atoms with E-state index in [0.717, 1.165) is 57.7 Å². The molecule has 1 aromatic heterocycles. The van der Waals surface area contributed by atoms with Gasteiger partial charge in [0.1, 0.15) is 5.82 Å². The first-order valence-corrected chi connectivity index (χ1v) is 9.93. The zero-order valence-electron chi connectivity index (χ0n) is 16.6. The van der Waals surface area contributed by atoms with Gasteiger partial charge in [-0.25, -0.2) is 0 Å². The van der Waals surface area contributed by atoms with Gasteiger partial charge in [-0.3, -0.25) is 4.90 Å². The highest BCUT2D eigenvalue weighted by molar-refractivity contribution is 5.60. The van der Waals surface area contributed by atoms with E-state index in [4.69, 9.17) is 10.5 Å². The number of nitrogen functional groups attached to an aromatic ring is 1. The standard InChI is InChI=1S/C19H30F3N5O/c1-3-14-12-16(23)18(28-13-19(20,21)22)24-17(14)27-6-4-15(5-7-27)26-10-8-25(2)9-11-26/h12,15H,3-11,13,23H2,1-2H3. The molecule has 2 saturated heterocycles. The van der Waals surface area contributed by atoms with Gasteiger partial charge in [0.15, 0.2) is 6.61 Å². The number of pyridine rings is 1. The monoisotopic (exact) mass is 401 g/mol.